The number of hydrogen-bond donors (Lipinski definition) is 2. The third kappa shape index (κ3) is 3.90. The van der Waals surface area contributed by atoms with E-state index in [0.717, 1.165) is 12.1 Å². The largest absolute Gasteiger partial charge is 0.392 e. The van der Waals surface area contributed by atoms with Gasteiger partial charge in [-0.05, 0) is 66.4 Å². The van der Waals surface area contributed by atoms with Crippen molar-refractivity contribution in [2.24, 2.45) is 0 Å². The van der Waals surface area contributed by atoms with Gasteiger partial charge in [0.2, 0.25) is 0 Å². The number of anilines is 1. The van der Waals surface area contributed by atoms with Crippen LogP contribution < -0.4 is 4.72 Å². The van der Waals surface area contributed by atoms with Crippen molar-refractivity contribution in [3.8, 4) is 11.1 Å². The van der Waals surface area contributed by atoms with Crippen LogP contribution >= 0.6 is 0 Å². The van der Waals surface area contributed by atoms with Crippen LogP contribution in [0.25, 0.3) is 11.1 Å². The highest BCUT2D eigenvalue weighted by molar-refractivity contribution is 7.92. The minimum Gasteiger partial charge on any atom is -0.392 e. The summed E-state index contributed by atoms with van der Waals surface area (Å²) in [6.45, 7) is 3.18. The van der Waals surface area contributed by atoms with Gasteiger partial charge in [0.1, 0.15) is 11.6 Å². The van der Waals surface area contributed by atoms with Crippen LogP contribution in [0.15, 0.2) is 59.5 Å². The van der Waals surface area contributed by atoms with Gasteiger partial charge in [-0.1, -0.05) is 18.2 Å². The van der Waals surface area contributed by atoms with Crippen molar-refractivity contribution in [1.82, 2.24) is 0 Å². The Morgan fingerprint density at radius 1 is 0.964 bits per heavy atom. The average molecular weight is 403 g/mol. The Labute approximate surface area is 162 Å². The van der Waals surface area contributed by atoms with Gasteiger partial charge in [0.05, 0.1) is 17.2 Å². The normalized spacial score (nSPS) is 11.5. The predicted octanol–water partition coefficient (Wildman–Crippen LogP) is 4.54. The monoisotopic (exact) mass is 403 g/mol. The minimum atomic E-state index is -3.88. The third-order valence-electron chi connectivity index (χ3n) is 4.59. The SMILES string of the molecule is Cc1cc(S(=O)(=O)Nc2cccc(CO)c2C)ccc1-c1ccc(F)cc1F. The Kier molecular flexibility index (Phi) is 5.49. The van der Waals surface area contributed by atoms with Crippen LogP contribution in [0.5, 0.6) is 0 Å². The molecule has 0 heterocycles. The Morgan fingerprint density at radius 2 is 1.68 bits per heavy atom. The van der Waals surface area contributed by atoms with Crippen molar-refractivity contribution >= 4 is 15.7 Å². The molecule has 0 aliphatic heterocycles. The van der Waals surface area contributed by atoms with Crippen LogP contribution in [0.3, 0.4) is 0 Å². The van der Waals surface area contributed by atoms with Crippen molar-refractivity contribution in [1.29, 1.82) is 0 Å². The predicted molar refractivity (Wildman–Crippen MR) is 104 cm³/mol. The highest BCUT2D eigenvalue weighted by Gasteiger charge is 2.18. The van der Waals surface area contributed by atoms with Crippen molar-refractivity contribution in [3.05, 3.63) is 82.9 Å². The topological polar surface area (TPSA) is 66.4 Å². The molecule has 0 fully saturated rings. The molecule has 0 bridgehead atoms. The minimum absolute atomic E-state index is 0.0186. The summed E-state index contributed by atoms with van der Waals surface area (Å²) in [6.07, 6.45) is 0. The standard InChI is InChI=1S/C21H19F2NO3S/c1-13-10-17(7-9-18(13)19-8-6-16(22)11-20(19)23)28(26,27)24-21-5-3-4-15(12-25)14(21)2/h3-11,24-25H,12H2,1-2H3. The van der Waals surface area contributed by atoms with Crippen molar-refractivity contribution in [2.45, 2.75) is 25.3 Å². The van der Waals surface area contributed by atoms with E-state index >= 15 is 0 Å². The molecule has 0 saturated heterocycles. The number of hydrogen-bond acceptors (Lipinski definition) is 3. The molecule has 7 heteroatoms. The summed E-state index contributed by atoms with van der Waals surface area (Å²) in [5.41, 5.74) is 2.85. The Balaban J connectivity index is 1.97. The van der Waals surface area contributed by atoms with Gasteiger partial charge in [0.25, 0.3) is 10.0 Å². The summed E-state index contributed by atoms with van der Waals surface area (Å²) in [7, 11) is -3.88. The van der Waals surface area contributed by atoms with Crippen LogP contribution in [0.1, 0.15) is 16.7 Å². The molecule has 28 heavy (non-hydrogen) atoms. The fourth-order valence-electron chi connectivity index (χ4n) is 2.98. The lowest BCUT2D eigenvalue weighted by atomic mass is 10.0. The first-order chi connectivity index (χ1) is 13.2. The van der Waals surface area contributed by atoms with Gasteiger partial charge in [-0.25, -0.2) is 17.2 Å². The van der Waals surface area contributed by atoms with Gasteiger partial charge in [-0.3, -0.25) is 4.72 Å². The van der Waals surface area contributed by atoms with Gasteiger partial charge in [-0.15, -0.1) is 0 Å². The van der Waals surface area contributed by atoms with E-state index in [2.05, 4.69) is 4.72 Å². The highest BCUT2D eigenvalue weighted by atomic mass is 32.2. The summed E-state index contributed by atoms with van der Waals surface area (Å²) < 4.78 is 55.3. The summed E-state index contributed by atoms with van der Waals surface area (Å²) in [6, 6.07) is 12.6. The molecule has 4 nitrogen and oxygen atoms in total. The number of benzene rings is 3. The van der Waals surface area contributed by atoms with E-state index in [0.29, 0.717) is 27.9 Å². The van der Waals surface area contributed by atoms with Crippen LogP contribution in [0.2, 0.25) is 0 Å². The summed E-state index contributed by atoms with van der Waals surface area (Å²) in [4.78, 5) is 0.0186. The van der Waals surface area contributed by atoms with Gasteiger partial charge < -0.3 is 5.11 Å². The van der Waals surface area contributed by atoms with Crippen molar-refractivity contribution in [3.63, 3.8) is 0 Å². The summed E-state index contributed by atoms with van der Waals surface area (Å²) in [5.74, 6) is -1.39. The van der Waals surface area contributed by atoms with Gasteiger partial charge >= 0.3 is 0 Å². The number of rotatable bonds is 5. The molecular formula is C21H19F2NO3S. The molecule has 0 saturated carbocycles. The Bertz CT molecular complexity index is 1140. The second kappa shape index (κ2) is 7.69. The Morgan fingerprint density at radius 3 is 2.32 bits per heavy atom. The lowest BCUT2D eigenvalue weighted by Gasteiger charge is -2.14. The number of halogens is 2. The second-order valence-electron chi connectivity index (χ2n) is 6.45. The van der Waals surface area contributed by atoms with E-state index < -0.39 is 21.7 Å². The average Bonchev–Trinajstić information content (AvgIpc) is 2.64. The van der Waals surface area contributed by atoms with E-state index in [4.69, 9.17) is 0 Å². The molecule has 0 unspecified atom stereocenters. The van der Waals surface area contributed by atoms with Crippen molar-refractivity contribution in [2.75, 3.05) is 4.72 Å². The van der Waals surface area contributed by atoms with Gasteiger partial charge in [-0.2, -0.15) is 0 Å². The quantitative estimate of drug-likeness (QED) is 0.657. The Hall–Kier alpha value is -2.77. The van der Waals surface area contributed by atoms with Crippen LogP contribution in [-0.4, -0.2) is 13.5 Å². The fourth-order valence-corrected chi connectivity index (χ4v) is 4.19. The maximum atomic E-state index is 14.1. The van der Waals surface area contributed by atoms with Crippen LogP contribution in [0.4, 0.5) is 14.5 Å². The number of nitrogens with one attached hydrogen (secondary N) is 1. The number of aliphatic hydroxyl groups is 1. The van der Waals surface area contributed by atoms with E-state index in [1.807, 2.05) is 0 Å². The molecule has 2 N–H and O–H groups in total. The highest BCUT2D eigenvalue weighted by Crippen LogP contribution is 2.29. The second-order valence-corrected chi connectivity index (χ2v) is 8.14. The maximum absolute atomic E-state index is 14.1. The smallest absolute Gasteiger partial charge is 0.261 e. The van der Waals surface area contributed by atoms with Gasteiger partial charge in [0, 0.05) is 11.6 Å². The number of aryl methyl sites for hydroxylation is 1. The van der Waals surface area contributed by atoms with E-state index in [-0.39, 0.29) is 17.1 Å². The summed E-state index contributed by atoms with van der Waals surface area (Å²) in [5, 5.41) is 9.34. The first-order valence-corrected chi connectivity index (χ1v) is 9.99. The molecule has 3 aromatic carbocycles. The molecular weight excluding hydrogens is 384 g/mol. The summed E-state index contributed by atoms with van der Waals surface area (Å²) >= 11 is 0. The maximum Gasteiger partial charge on any atom is 0.261 e. The molecule has 0 amide bonds. The lowest BCUT2D eigenvalue weighted by molar-refractivity contribution is 0.281. The molecule has 0 aliphatic carbocycles. The number of sulfonamides is 1. The zero-order valence-corrected chi connectivity index (χ0v) is 16.1. The first-order valence-electron chi connectivity index (χ1n) is 8.51. The van der Waals surface area contributed by atoms with Crippen molar-refractivity contribution < 1.29 is 22.3 Å². The van der Waals surface area contributed by atoms with E-state index in [9.17, 15) is 22.3 Å². The molecule has 0 spiro atoms. The lowest BCUT2D eigenvalue weighted by Crippen LogP contribution is -2.14. The zero-order valence-electron chi connectivity index (χ0n) is 15.3. The molecule has 0 atom stereocenters. The van der Waals surface area contributed by atoms with Crippen LogP contribution in [-0.2, 0) is 16.6 Å². The van der Waals surface area contributed by atoms with Gasteiger partial charge in [0.15, 0.2) is 0 Å². The molecule has 146 valence electrons. The third-order valence-corrected chi connectivity index (χ3v) is 5.95. The zero-order chi connectivity index (χ0) is 20.5. The molecule has 0 aliphatic rings. The first kappa shape index (κ1) is 20.0. The molecule has 3 aromatic rings. The van der Waals surface area contributed by atoms with E-state index in [1.165, 1.54) is 24.3 Å². The fraction of sp³-hybridized carbons (Fsp3) is 0.143. The number of aliphatic hydroxyl groups excluding tert-OH is 1. The van der Waals surface area contributed by atoms with E-state index in [1.54, 1.807) is 32.0 Å². The van der Waals surface area contributed by atoms with Crippen LogP contribution in [0, 0.1) is 25.5 Å². The molecule has 3 rings (SSSR count). The molecule has 0 aromatic heterocycles. The molecule has 0 radical (unpaired) electrons.